The van der Waals surface area contributed by atoms with Crippen molar-refractivity contribution in [3.8, 4) is 12.1 Å². The summed E-state index contributed by atoms with van der Waals surface area (Å²) in [5.74, 6) is 0.723. The molecule has 1 aliphatic heterocycles. The Morgan fingerprint density at radius 1 is 0.615 bits per heavy atom. The molecule has 5 aromatic carbocycles. The molecule has 0 bridgehead atoms. The molecule has 39 heavy (non-hydrogen) atoms. The van der Waals surface area contributed by atoms with Crippen LogP contribution in [0.1, 0.15) is 33.9 Å². The molecule has 1 N–H and O–H groups in total. The van der Waals surface area contributed by atoms with Crippen molar-refractivity contribution in [1.29, 1.82) is 10.5 Å². The van der Waals surface area contributed by atoms with Crippen LogP contribution in [0.15, 0.2) is 132 Å². The van der Waals surface area contributed by atoms with Gasteiger partial charge in [0, 0.05) is 33.9 Å². The van der Waals surface area contributed by atoms with Crippen molar-refractivity contribution in [2.45, 2.75) is 6.04 Å². The second kappa shape index (κ2) is 10.4. The largest absolute Gasteiger partial charge is 0.340 e. The van der Waals surface area contributed by atoms with E-state index in [9.17, 15) is 10.5 Å². The SMILES string of the molecule is N#Cc1cc2c(cc1C#N)C(c1ccc(N(c3ccccc3)c3ccccc3)cc1)N=C(c1ccccc1)N2. The molecule has 0 fully saturated rings. The van der Waals surface area contributed by atoms with Gasteiger partial charge in [0.15, 0.2) is 0 Å². The molecule has 5 heteroatoms. The van der Waals surface area contributed by atoms with Gasteiger partial charge in [0.1, 0.15) is 24.0 Å². The van der Waals surface area contributed by atoms with E-state index in [2.05, 4.69) is 70.9 Å². The monoisotopic (exact) mass is 501 g/mol. The van der Waals surface area contributed by atoms with Crippen LogP contribution < -0.4 is 10.2 Å². The number of benzene rings is 5. The van der Waals surface area contributed by atoms with Crippen LogP contribution in [-0.4, -0.2) is 5.84 Å². The van der Waals surface area contributed by atoms with Crippen molar-refractivity contribution in [2.75, 3.05) is 10.2 Å². The van der Waals surface area contributed by atoms with Crippen molar-refractivity contribution in [2.24, 2.45) is 4.99 Å². The van der Waals surface area contributed by atoms with E-state index in [-0.39, 0.29) is 6.04 Å². The van der Waals surface area contributed by atoms with Crippen LogP contribution in [0.4, 0.5) is 22.7 Å². The molecule has 0 saturated carbocycles. The summed E-state index contributed by atoms with van der Waals surface area (Å²) >= 11 is 0. The van der Waals surface area contributed by atoms with Crippen LogP contribution in [-0.2, 0) is 0 Å². The highest BCUT2D eigenvalue weighted by Crippen LogP contribution is 2.40. The van der Waals surface area contributed by atoms with Gasteiger partial charge >= 0.3 is 0 Å². The Morgan fingerprint density at radius 3 is 1.69 bits per heavy atom. The minimum absolute atomic E-state index is 0.341. The second-order valence-corrected chi connectivity index (χ2v) is 9.18. The van der Waals surface area contributed by atoms with Crippen LogP contribution in [0.25, 0.3) is 0 Å². The van der Waals surface area contributed by atoms with E-state index in [1.165, 1.54) is 0 Å². The lowest BCUT2D eigenvalue weighted by atomic mass is 9.92. The Balaban J connectivity index is 1.45. The first-order valence-electron chi connectivity index (χ1n) is 12.6. The zero-order valence-electron chi connectivity index (χ0n) is 21.0. The average molecular weight is 502 g/mol. The number of hydrogen-bond donors (Lipinski definition) is 1. The van der Waals surface area contributed by atoms with Gasteiger partial charge in [-0.05, 0) is 54.1 Å². The van der Waals surface area contributed by atoms with E-state index < -0.39 is 0 Å². The predicted octanol–water partition coefficient (Wildman–Crippen LogP) is 7.86. The maximum atomic E-state index is 9.69. The first-order chi connectivity index (χ1) is 19.2. The number of nitrogens with zero attached hydrogens (tertiary/aromatic N) is 4. The number of anilines is 4. The third-order valence-corrected chi connectivity index (χ3v) is 6.78. The lowest BCUT2D eigenvalue weighted by Crippen LogP contribution is -2.22. The lowest BCUT2D eigenvalue weighted by molar-refractivity contribution is 0.862. The summed E-state index contributed by atoms with van der Waals surface area (Å²) in [7, 11) is 0. The van der Waals surface area contributed by atoms with Crippen LogP contribution in [0.3, 0.4) is 0 Å². The Kier molecular flexibility index (Phi) is 6.31. The number of para-hydroxylation sites is 2. The molecule has 0 radical (unpaired) electrons. The van der Waals surface area contributed by atoms with Crippen LogP contribution in [0.5, 0.6) is 0 Å². The molecule has 6 rings (SSSR count). The number of fused-ring (bicyclic) bond motifs is 1. The molecule has 1 aliphatic rings. The topological polar surface area (TPSA) is 75.2 Å². The quantitative estimate of drug-likeness (QED) is 0.266. The molecular weight excluding hydrogens is 478 g/mol. The maximum Gasteiger partial charge on any atom is 0.133 e. The third-order valence-electron chi connectivity index (χ3n) is 6.78. The Labute approximate surface area is 227 Å². The minimum Gasteiger partial charge on any atom is -0.340 e. The normalized spacial score (nSPS) is 13.7. The molecule has 184 valence electrons. The molecule has 0 aliphatic carbocycles. The smallest absolute Gasteiger partial charge is 0.133 e. The highest BCUT2D eigenvalue weighted by Gasteiger charge is 2.26. The number of nitrogens with one attached hydrogen (secondary N) is 1. The Hall–Kier alpha value is -5.65. The third kappa shape index (κ3) is 4.62. The van der Waals surface area contributed by atoms with Crippen LogP contribution in [0, 0.1) is 22.7 Å². The van der Waals surface area contributed by atoms with Gasteiger partial charge in [-0.2, -0.15) is 10.5 Å². The fourth-order valence-corrected chi connectivity index (χ4v) is 4.90. The first-order valence-corrected chi connectivity index (χ1v) is 12.6. The zero-order chi connectivity index (χ0) is 26.6. The summed E-state index contributed by atoms with van der Waals surface area (Å²) in [6, 6.07) is 46.3. The van der Waals surface area contributed by atoms with Crippen molar-refractivity contribution in [3.05, 3.63) is 155 Å². The molecule has 0 spiro atoms. The summed E-state index contributed by atoms with van der Waals surface area (Å²) in [5.41, 5.74) is 7.42. The van der Waals surface area contributed by atoms with E-state index >= 15 is 0 Å². The molecule has 0 saturated heterocycles. The number of amidine groups is 1. The summed E-state index contributed by atoms with van der Waals surface area (Å²) in [6.45, 7) is 0. The molecule has 0 aromatic heterocycles. The fraction of sp³-hybridized carbons (Fsp3) is 0.0294. The van der Waals surface area contributed by atoms with Crippen LogP contribution in [0.2, 0.25) is 0 Å². The molecule has 1 atom stereocenters. The van der Waals surface area contributed by atoms with Gasteiger partial charge in [-0.3, -0.25) is 4.99 Å². The standard InChI is InChI=1S/C34H23N5/c35-22-26-20-31-32(21-27(26)23-36)37-34(25-10-4-1-5-11-25)38-33(31)24-16-18-30(19-17-24)39(28-12-6-2-7-13-28)29-14-8-3-9-15-29/h1-21,33H,(H,37,38). The second-order valence-electron chi connectivity index (χ2n) is 9.18. The Morgan fingerprint density at radius 2 is 1.13 bits per heavy atom. The van der Waals surface area contributed by atoms with Gasteiger partial charge in [0.2, 0.25) is 0 Å². The Bertz CT molecular complexity index is 1690. The highest BCUT2D eigenvalue weighted by molar-refractivity contribution is 6.10. The fourth-order valence-electron chi connectivity index (χ4n) is 4.90. The van der Waals surface area contributed by atoms with Crippen molar-refractivity contribution in [3.63, 3.8) is 0 Å². The van der Waals surface area contributed by atoms with Gasteiger partial charge in [0.25, 0.3) is 0 Å². The molecule has 0 amide bonds. The number of nitriles is 2. The number of hydrogen-bond acceptors (Lipinski definition) is 5. The van der Waals surface area contributed by atoms with Gasteiger partial charge < -0.3 is 10.2 Å². The highest BCUT2D eigenvalue weighted by atomic mass is 15.1. The minimum atomic E-state index is -0.341. The average Bonchev–Trinajstić information content (AvgIpc) is 3.02. The van der Waals surface area contributed by atoms with Gasteiger partial charge in [0.05, 0.1) is 11.1 Å². The number of aliphatic imine (C=N–C) groups is 1. The summed E-state index contributed by atoms with van der Waals surface area (Å²) < 4.78 is 0. The summed E-state index contributed by atoms with van der Waals surface area (Å²) in [6.07, 6.45) is 0. The molecular formula is C34H23N5. The molecule has 1 heterocycles. The van der Waals surface area contributed by atoms with Gasteiger partial charge in [-0.15, -0.1) is 0 Å². The van der Waals surface area contributed by atoms with E-state index in [4.69, 9.17) is 4.99 Å². The van der Waals surface area contributed by atoms with Gasteiger partial charge in [-0.1, -0.05) is 78.9 Å². The molecule has 5 aromatic rings. The zero-order valence-corrected chi connectivity index (χ0v) is 21.0. The van der Waals surface area contributed by atoms with Gasteiger partial charge in [-0.25, -0.2) is 0 Å². The molecule has 1 unspecified atom stereocenters. The number of rotatable bonds is 5. The van der Waals surface area contributed by atoms with E-state index in [1.54, 1.807) is 12.1 Å². The summed E-state index contributed by atoms with van der Waals surface area (Å²) in [5, 5.41) is 22.7. The first kappa shape index (κ1) is 23.7. The van der Waals surface area contributed by atoms with Crippen molar-refractivity contribution >= 4 is 28.6 Å². The predicted molar refractivity (Wildman–Crippen MR) is 155 cm³/mol. The van der Waals surface area contributed by atoms with E-state index in [1.807, 2.05) is 66.7 Å². The maximum absolute atomic E-state index is 9.69. The van der Waals surface area contributed by atoms with E-state index in [0.29, 0.717) is 11.1 Å². The summed E-state index contributed by atoms with van der Waals surface area (Å²) in [4.78, 5) is 7.30. The lowest BCUT2D eigenvalue weighted by Gasteiger charge is -2.28. The van der Waals surface area contributed by atoms with Crippen molar-refractivity contribution < 1.29 is 0 Å². The van der Waals surface area contributed by atoms with E-state index in [0.717, 1.165) is 45.3 Å². The van der Waals surface area contributed by atoms with Crippen LogP contribution >= 0.6 is 0 Å². The molecule has 5 nitrogen and oxygen atoms in total. The van der Waals surface area contributed by atoms with Crippen molar-refractivity contribution in [1.82, 2.24) is 0 Å².